The molecule has 1 aliphatic carbocycles. The molecule has 0 amide bonds. The van der Waals surface area contributed by atoms with Crippen molar-refractivity contribution in [1.29, 1.82) is 0 Å². The number of hydrogen-bond donors (Lipinski definition) is 2. The van der Waals surface area contributed by atoms with Gasteiger partial charge in [0.25, 0.3) is 0 Å². The zero-order chi connectivity index (χ0) is 17.7. The van der Waals surface area contributed by atoms with Crippen molar-refractivity contribution in [2.75, 3.05) is 19.7 Å². The molecule has 1 aromatic heterocycles. The molecule has 1 aromatic rings. The number of dihydropyridines is 1. The minimum atomic E-state index is 0.118. The summed E-state index contributed by atoms with van der Waals surface area (Å²) in [6.07, 6.45) is 20.5. The largest absolute Gasteiger partial charge is 0.384 e. The molecule has 0 bridgehead atoms. The zero-order valence-corrected chi connectivity index (χ0v) is 15.5. The summed E-state index contributed by atoms with van der Waals surface area (Å²) in [6, 6.07) is 0. The third-order valence-corrected chi connectivity index (χ3v) is 6.25. The first-order chi connectivity index (χ1) is 12.8. The van der Waals surface area contributed by atoms with Crippen LogP contribution in [-0.2, 0) is 11.3 Å². The molecule has 0 aromatic carbocycles. The van der Waals surface area contributed by atoms with Gasteiger partial charge in [-0.1, -0.05) is 25.0 Å². The van der Waals surface area contributed by atoms with Crippen LogP contribution in [0, 0.1) is 5.41 Å². The van der Waals surface area contributed by atoms with Gasteiger partial charge >= 0.3 is 0 Å². The van der Waals surface area contributed by atoms with Gasteiger partial charge < -0.3 is 15.4 Å². The molecule has 3 heterocycles. The monoisotopic (exact) mass is 354 g/mol. The smallest absolute Gasteiger partial charge is 0.0724 e. The molecular formula is C21H30N4O. The van der Waals surface area contributed by atoms with E-state index >= 15 is 0 Å². The average molecular weight is 354 g/mol. The number of allylic oxidation sites excluding steroid dienone is 3. The van der Waals surface area contributed by atoms with Crippen LogP contribution in [0.15, 0.2) is 42.5 Å². The van der Waals surface area contributed by atoms with Gasteiger partial charge in [-0.2, -0.15) is 0 Å². The number of nitrogens with one attached hydrogen (secondary N) is 2. The van der Waals surface area contributed by atoms with Gasteiger partial charge in [-0.25, -0.2) is 0 Å². The summed E-state index contributed by atoms with van der Waals surface area (Å²) in [4.78, 5) is 8.49. The van der Waals surface area contributed by atoms with Crippen LogP contribution in [-0.4, -0.2) is 35.3 Å². The Hall–Kier alpha value is -1.72. The van der Waals surface area contributed by atoms with Crippen LogP contribution >= 0.6 is 0 Å². The molecule has 0 radical (unpaired) electrons. The highest BCUT2D eigenvalue weighted by atomic mass is 16.5. The average Bonchev–Trinajstić information content (AvgIpc) is 3.14. The van der Waals surface area contributed by atoms with E-state index in [0.717, 1.165) is 51.2 Å². The summed E-state index contributed by atoms with van der Waals surface area (Å²) in [5, 5.41) is 7.24. The Kier molecular flexibility index (Phi) is 5.36. The summed E-state index contributed by atoms with van der Waals surface area (Å²) in [5.74, 6) is 0. The third-order valence-electron chi connectivity index (χ3n) is 6.25. The highest BCUT2D eigenvalue weighted by molar-refractivity contribution is 5.25. The molecule has 2 N–H and O–H groups in total. The number of aromatic nitrogens is 2. The molecule has 1 saturated heterocycles. The summed E-state index contributed by atoms with van der Waals surface area (Å²) in [7, 11) is 0. The van der Waals surface area contributed by atoms with Crippen molar-refractivity contribution < 1.29 is 4.74 Å². The summed E-state index contributed by atoms with van der Waals surface area (Å²) >= 11 is 0. The lowest BCUT2D eigenvalue weighted by Gasteiger charge is -2.48. The normalized spacial score (nSPS) is 27.3. The topological polar surface area (TPSA) is 59.1 Å². The van der Waals surface area contributed by atoms with Crippen LogP contribution in [0.3, 0.4) is 0 Å². The molecule has 1 saturated carbocycles. The SMILES string of the molecule is C1=CCNC([C@]2(CCNCc3cnccn3)CCOC3(CCCC3)C2)=C1. The summed E-state index contributed by atoms with van der Waals surface area (Å²) in [5.41, 5.74) is 2.73. The lowest BCUT2D eigenvalue weighted by atomic mass is 9.67. The van der Waals surface area contributed by atoms with E-state index in [1.54, 1.807) is 12.4 Å². The third kappa shape index (κ3) is 3.84. The lowest BCUT2D eigenvalue weighted by molar-refractivity contribution is -0.116. The molecular weight excluding hydrogens is 324 g/mol. The fourth-order valence-electron chi connectivity index (χ4n) is 4.93. The van der Waals surface area contributed by atoms with Crippen molar-refractivity contribution >= 4 is 0 Å². The molecule has 0 unspecified atom stereocenters. The molecule has 2 aliphatic heterocycles. The van der Waals surface area contributed by atoms with E-state index in [0.29, 0.717) is 0 Å². The van der Waals surface area contributed by atoms with Crippen molar-refractivity contribution in [3.63, 3.8) is 0 Å². The van der Waals surface area contributed by atoms with Gasteiger partial charge in [0.15, 0.2) is 0 Å². The van der Waals surface area contributed by atoms with E-state index in [-0.39, 0.29) is 11.0 Å². The van der Waals surface area contributed by atoms with Gasteiger partial charge in [-0.05, 0) is 44.7 Å². The van der Waals surface area contributed by atoms with Crippen LogP contribution < -0.4 is 10.6 Å². The van der Waals surface area contributed by atoms with E-state index in [9.17, 15) is 0 Å². The quantitative estimate of drug-likeness (QED) is 0.769. The molecule has 26 heavy (non-hydrogen) atoms. The molecule has 2 fully saturated rings. The second-order valence-corrected chi connectivity index (χ2v) is 7.96. The van der Waals surface area contributed by atoms with Crippen molar-refractivity contribution in [3.8, 4) is 0 Å². The van der Waals surface area contributed by atoms with E-state index < -0.39 is 0 Å². The van der Waals surface area contributed by atoms with E-state index in [2.05, 4.69) is 38.8 Å². The fraction of sp³-hybridized carbons (Fsp3) is 0.619. The molecule has 1 atom stereocenters. The Labute approximate surface area is 156 Å². The van der Waals surface area contributed by atoms with E-state index in [4.69, 9.17) is 4.74 Å². The van der Waals surface area contributed by atoms with Gasteiger partial charge in [0.2, 0.25) is 0 Å². The van der Waals surface area contributed by atoms with Crippen molar-refractivity contribution in [2.24, 2.45) is 5.41 Å². The molecule has 3 aliphatic rings. The lowest BCUT2D eigenvalue weighted by Crippen LogP contribution is -2.48. The zero-order valence-electron chi connectivity index (χ0n) is 15.5. The van der Waals surface area contributed by atoms with Gasteiger partial charge in [-0.15, -0.1) is 0 Å². The summed E-state index contributed by atoms with van der Waals surface area (Å²) in [6.45, 7) is 3.58. The first kappa shape index (κ1) is 17.7. The Morgan fingerprint density at radius 1 is 1.19 bits per heavy atom. The van der Waals surface area contributed by atoms with Crippen LogP contribution in [0.1, 0.15) is 50.6 Å². The maximum atomic E-state index is 6.34. The first-order valence-corrected chi connectivity index (χ1v) is 10.0. The van der Waals surface area contributed by atoms with Gasteiger partial charge in [0.05, 0.1) is 11.3 Å². The Morgan fingerprint density at radius 2 is 2.12 bits per heavy atom. The van der Waals surface area contributed by atoms with Gasteiger partial charge in [0, 0.05) is 49.4 Å². The number of hydrogen-bond acceptors (Lipinski definition) is 5. The van der Waals surface area contributed by atoms with E-state index in [1.807, 2.05) is 6.20 Å². The maximum absolute atomic E-state index is 6.34. The highest BCUT2D eigenvalue weighted by Crippen LogP contribution is 2.51. The van der Waals surface area contributed by atoms with Crippen molar-refractivity contribution in [2.45, 2.75) is 57.1 Å². The Bertz CT molecular complexity index is 651. The van der Waals surface area contributed by atoms with Crippen LogP contribution in [0.5, 0.6) is 0 Å². The van der Waals surface area contributed by atoms with Crippen LogP contribution in [0.2, 0.25) is 0 Å². The highest BCUT2D eigenvalue weighted by Gasteiger charge is 2.48. The summed E-state index contributed by atoms with van der Waals surface area (Å²) < 4.78 is 6.34. The number of rotatable bonds is 6. The predicted octanol–water partition coefficient (Wildman–Crippen LogP) is 3.11. The van der Waals surface area contributed by atoms with Crippen molar-refractivity contribution in [3.05, 3.63) is 48.2 Å². The van der Waals surface area contributed by atoms with E-state index in [1.165, 1.54) is 31.4 Å². The second kappa shape index (κ2) is 7.89. The minimum Gasteiger partial charge on any atom is -0.384 e. The fourth-order valence-corrected chi connectivity index (χ4v) is 4.93. The molecule has 5 nitrogen and oxygen atoms in total. The van der Waals surface area contributed by atoms with Crippen LogP contribution in [0.25, 0.3) is 0 Å². The van der Waals surface area contributed by atoms with Gasteiger partial charge in [-0.3, -0.25) is 9.97 Å². The Morgan fingerprint density at radius 3 is 2.88 bits per heavy atom. The minimum absolute atomic E-state index is 0.118. The number of nitrogens with zero attached hydrogens (tertiary/aromatic N) is 2. The van der Waals surface area contributed by atoms with Crippen molar-refractivity contribution in [1.82, 2.24) is 20.6 Å². The molecule has 1 spiro atoms. The molecule has 140 valence electrons. The Balaban J connectivity index is 1.44. The van der Waals surface area contributed by atoms with Crippen LogP contribution in [0.4, 0.5) is 0 Å². The first-order valence-electron chi connectivity index (χ1n) is 10.0. The molecule has 4 rings (SSSR count). The standard InChI is InChI=1S/C21H30N4O/c1-4-10-25-19(5-1)20(8-11-22-15-18-16-23-12-13-24-18)9-14-26-21(17-20)6-2-3-7-21/h1,4-5,12-13,16,22,25H,2-3,6-11,14-15,17H2/t20-/m1/s1. The maximum Gasteiger partial charge on any atom is 0.0724 e. The molecule has 5 heteroatoms. The van der Waals surface area contributed by atoms with Gasteiger partial charge in [0.1, 0.15) is 0 Å². The number of ether oxygens (including phenoxy) is 1. The predicted molar refractivity (Wildman–Crippen MR) is 102 cm³/mol. The second-order valence-electron chi connectivity index (χ2n) is 7.96.